The molecule has 1 unspecified atom stereocenters. The predicted molar refractivity (Wildman–Crippen MR) is 92.5 cm³/mol. The Hall–Kier alpha value is -3.26. The van der Waals surface area contributed by atoms with Gasteiger partial charge in [0.25, 0.3) is 5.91 Å². The molecule has 0 saturated carbocycles. The molecule has 5 nitrogen and oxygen atoms in total. The number of anilines is 2. The highest BCUT2D eigenvalue weighted by molar-refractivity contribution is 6.07. The zero-order valence-corrected chi connectivity index (χ0v) is 13.2. The molecule has 0 bridgehead atoms. The minimum Gasteiger partial charge on any atom is -0.506 e. The molecular formula is C19H17N3O2. The Bertz CT molecular complexity index is 852. The molecule has 1 aliphatic rings. The Morgan fingerprint density at radius 2 is 2.00 bits per heavy atom. The van der Waals surface area contributed by atoms with E-state index in [1.807, 2.05) is 42.2 Å². The molecule has 0 aliphatic carbocycles. The number of carbonyl (C=O) groups is 1. The van der Waals surface area contributed by atoms with Crippen molar-refractivity contribution in [1.29, 1.82) is 5.26 Å². The van der Waals surface area contributed by atoms with Gasteiger partial charge in [-0.3, -0.25) is 4.79 Å². The number of para-hydroxylation sites is 3. The molecule has 0 aromatic heterocycles. The third kappa shape index (κ3) is 2.95. The molecule has 2 aromatic rings. The number of phenols is 1. The number of fused-ring (bicyclic) bond motifs is 1. The van der Waals surface area contributed by atoms with E-state index in [0.29, 0.717) is 0 Å². The lowest BCUT2D eigenvalue weighted by Gasteiger charge is -2.20. The van der Waals surface area contributed by atoms with Crippen molar-refractivity contribution in [3.63, 3.8) is 0 Å². The van der Waals surface area contributed by atoms with Gasteiger partial charge in [-0.05, 0) is 37.1 Å². The lowest BCUT2D eigenvalue weighted by atomic mass is 10.1. The van der Waals surface area contributed by atoms with Gasteiger partial charge < -0.3 is 15.3 Å². The van der Waals surface area contributed by atoms with Crippen LogP contribution < -0.4 is 10.2 Å². The first kappa shape index (κ1) is 15.6. The maximum Gasteiger partial charge on any atom is 0.267 e. The highest BCUT2D eigenvalue weighted by atomic mass is 16.3. The van der Waals surface area contributed by atoms with Crippen molar-refractivity contribution in [2.75, 3.05) is 10.2 Å². The Balaban J connectivity index is 1.86. The fourth-order valence-electron chi connectivity index (χ4n) is 2.83. The van der Waals surface area contributed by atoms with E-state index < -0.39 is 5.91 Å². The van der Waals surface area contributed by atoms with Crippen molar-refractivity contribution in [2.45, 2.75) is 19.4 Å². The van der Waals surface area contributed by atoms with Crippen molar-refractivity contribution < 1.29 is 9.90 Å². The van der Waals surface area contributed by atoms with E-state index in [1.54, 1.807) is 24.4 Å². The molecule has 5 heteroatoms. The minimum absolute atomic E-state index is 0.0122. The Morgan fingerprint density at radius 3 is 2.75 bits per heavy atom. The van der Waals surface area contributed by atoms with Crippen LogP contribution in [-0.4, -0.2) is 17.1 Å². The third-order valence-electron chi connectivity index (χ3n) is 4.05. The van der Waals surface area contributed by atoms with Crippen molar-refractivity contribution in [1.82, 2.24) is 0 Å². The van der Waals surface area contributed by atoms with Crippen molar-refractivity contribution >= 4 is 17.3 Å². The van der Waals surface area contributed by atoms with Gasteiger partial charge in [-0.25, -0.2) is 0 Å². The second-order valence-electron chi connectivity index (χ2n) is 5.71. The van der Waals surface area contributed by atoms with E-state index in [2.05, 4.69) is 5.32 Å². The van der Waals surface area contributed by atoms with Gasteiger partial charge in [0.1, 0.15) is 17.4 Å². The molecular weight excluding hydrogens is 302 g/mol. The van der Waals surface area contributed by atoms with Crippen LogP contribution in [0.2, 0.25) is 0 Å². The SMILES string of the molecule is CC1Cc2ccccc2N1/C=C(/C#N)C(=O)Nc1ccccc1O. The Kier molecular flexibility index (Phi) is 4.21. The van der Waals surface area contributed by atoms with Gasteiger partial charge >= 0.3 is 0 Å². The molecule has 1 aliphatic heterocycles. The summed E-state index contributed by atoms with van der Waals surface area (Å²) in [5.74, 6) is -0.585. The summed E-state index contributed by atoms with van der Waals surface area (Å²) in [6, 6.07) is 16.5. The number of nitrogens with zero attached hydrogens (tertiary/aromatic N) is 2. The highest BCUT2D eigenvalue weighted by Crippen LogP contribution is 2.32. The standard InChI is InChI=1S/C19H17N3O2/c1-13-10-14-6-2-4-8-17(14)22(13)12-15(11-20)19(24)21-16-7-3-5-9-18(16)23/h2-9,12-13,23H,10H2,1H3,(H,21,24)/b15-12-. The third-order valence-corrected chi connectivity index (χ3v) is 4.05. The Labute approximate surface area is 140 Å². The number of benzene rings is 2. The average molecular weight is 319 g/mol. The van der Waals surface area contributed by atoms with Crippen LogP contribution in [0.5, 0.6) is 5.75 Å². The van der Waals surface area contributed by atoms with Gasteiger partial charge in [0.15, 0.2) is 0 Å². The number of phenolic OH excluding ortho intramolecular Hbond substituents is 1. The summed E-state index contributed by atoms with van der Waals surface area (Å²) < 4.78 is 0. The van der Waals surface area contributed by atoms with Crippen LogP contribution in [0.25, 0.3) is 0 Å². The van der Waals surface area contributed by atoms with Gasteiger partial charge in [0.05, 0.1) is 5.69 Å². The number of carbonyl (C=O) groups excluding carboxylic acids is 1. The smallest absolute Gasteiger partial charge is 0.267 e. The van der Waals surface area contributed by atoms with E-state index in [1.165, 1.54) is 11.6 Å². The summed E-state index contributed by atoms with van der Waals surface area (Å²) in [6.45, 7) is 2.05. The van der Waals surface area contributed by atoms with Gasteiger partial charge in [-0.2, -0.15) is 5.26 Å². The summed E-state index contributed by atoms with van der Waals surface area (Å²) >= 11 is 0. The Morgan fingerprint density at radius 1 is 1.29 bits per heavy atom. The number of nitrogens with one attached hydrogen (secondary N) is 1. The van der Waals surface area contributed by atoms with Crippen LogP contribution in [0.15, 0.2) is 60.3 Å². The first-order chi connectivity index (χ1) is 11.6. The summed E-state index contributed by atoms with van der Waals surface area (Å²) in [7, 11) is 0. The van der Waals surface area contributed by atoms with Crippen LogP contribution in [0.1, 0.15) is 12.5 Å². The molecule has 24 heavy (non-hydrogen) atoms. The van der Waals surface area contributed by atoms with Crippen LogP contribution >= 0.6 is 0 Å². The second kappa shape index (κ2) is 6.47. The molecule has 120 valence electrons. The molecule has 3 rings (SSSR count). The van der Waals surface area contributed by atoms with Crippen LogP contribution in [0.4, 0.5) is 11.4 Å². The highest BCUT2D eigenvalue weighted by Gasteiger charge is 2.25. The lowest BCUT2D eigenvalue weighted by Crippen LogP contribution is -2.25. The van der Waals surface area contributed by atoms with E-state index in [-0.39, 0.29) is 23.1 Å². The zero-order chi connectivity index (χ0) is 17.1. The molecule has 0 radical (unpaired) electrons. The molecule has 1 heterocycles. The number of rotatable bonds is 3. The lowest BCUT2D eigenvalue weighted by molar-refractivity contribution is -0.112. The molecule has 2 aromatic carbocycles. The first-order valence-electron chi connectivity index (χ1n) is 7.67. The maximum atomic E-state index is 12.4. The number of nitriles is 1. The normalized spacial score (nSPS) is 16.4. The summed E-state index contributed by atoms with van der Waals surface area (Å²) in [5, 5.41) is 21.7. The number of aromatic hydroxyl groups is 1. The molecule has 0 fully saturated rings. The maximum absolute atomic E-state index is 12.4. The van der Waals surface area contributed by atoms with E-state index in [0.717, 1.165) is 12.1 Å². The minimum atomic E-state index is -0.546. The van der Waals surface area contributed by atoms with Gasteiger partial charge in [-0.15, -0.1) is 0 Å². The first-order valence-corrected chi connectivity index (χ1v) is 7.67. The van der Waals surface area contributed by atoms with Crippen LogP contribution in [-0.2, 0) is 11.2 Å². The number of hydrogen-bond donors (Lipinski definition) is 2. The van der Waals surface area contributed by atoms with E-state index in [4.69, 9.17) is 0 Å². The number of hydrogen-bond acceptors (Lipinski definition) is 4. The quantitative estimate of drug-likeness (QED) is 0.517. The van der Waals surface area contributed by atoms with Crippen LogP contribution in [0.3, 0.4) is 0 Å². The van der Waals surface area contributed by atoms with E-state index >= 15 is 0 Å². The van der Waals surface area contributed by atoms with Gasteiger partial charge in [0.2, 0.25) is 0 Å². The molecule has 2 N–H and O–H groups in total. The van der Waals surface area contributed by atoms with Crippen LogP contribution in [0, 0.1) is 11.3 Å². The van der Waals surface area contributed by atoms with E-state index in [9.17, 15) is 15.2 Å². The fourth-order valence-corrected chi connectivity index (χ4v) is 2.83. The number of amides is 1. The summed E-state index contributed by atoms with van der Waals surface area (Å²) in [5.41, 5.74) is 2.47. The predicted octanol–water partition coefficient (Wildman–Crippen LogP) is 3.19. The zero-order valence-electron chi connectivity index (χ0n) is 13.2. The van der Waals surface area contributed by atoms with Gasteiger partial charge in [-0.1, -0.05) is 30.3 Å². The summed E-state index contributed by atoms with van der Waals surface area (Å²) in [6.07, 6.45) is 2.44. The molecule has 0 saturated heterocycles. The van der Waals surface area contributed by atoms with Crippen molar-refractivity contribution in [2.24, 2.45) is 0 Å². The van der Waals surface area contributed by atoms with Gasteiger partial charge in [0, 0.05) is 17.9 Å². The fraction of sp³-hybridized carbons (Fsp3) is 0.158. The largest absolute Gasteiger partial charge is 0.506 e. The average Bonchev–Trinajstić information content (AvgIpc) is 2.90. The molecule has 0 spiro atoms. The monoisotopic (exact) mass is 319 g/mol. The topological polar surface area (TPSA) is 76.4 Å². The second-order valence-corrected chi connectivity index (χ2v) is 5.71. The molecule has 1 atom stereocenters. The molecule has 1 amide bonds. The van der Waals surface area contributed by atoms with Crippen molar-refractivity contribution in [3.05, 3.63) is 65.9 Å². The van der Waals surface area contributed by atoms with Crippen molar-refractivity contribution in [3.8, 4) is 11.8 Å². The summed E-state index contributed by atoms with van der Waals surface area (Å²) in [4.78, 5) is 14.3.